The van der Waals surface area contributed by atoms with Gasteiger partial charge < -0.3 is 15.1 Å². The van der Waals surface area contributed by atoms with Crippen molar-refractivity contribution in [2.75, 3.05) is 43.4 Å². The average molecular weight is 469 g/mol. The van der Waals surface area contributed by atoms with Crippen LogP contribution in [0.1, 0.15) is 30.2 Å². The molecule has 0 spiro atoms. The van der Waals surface area contributed by atoms with Gasteiger partial charge in [0.1, 0.15) is 15.8 Å². The Hall–Kier alpha value is -2.54. The van der Waals surface area contributed by atoms with Crippen LogP contribution in [0.25, 0.3) is 10.7 Å². The fraction of sp³-hybridized carbons (Fsp3) is 0.421. The van der Waals surface area contributed by atoms with Gasteiger partial charge in [0, 0.05) is 55.6 Å². The number of anilines is 3. The molecular weight excluding hydrogens is 436 g/mol. The standard InChI is InChI=1S/C19H24N8O2S2.4H2/c1-26-6-8-27(9-7-26)17-11-15(21-16-10-13(24-25-16)12-2-3-12)22-19(23-17)14-4-5-18(30-14)31(20,28)29;;;;/h4-5,10-12H,2-3,6-9H2,1H3,(H2,20,28,29)(H2,21,22,23,24,25);4*1H. The van der Waals surface area contributed by atoms with E-state index >= 15 is 0 Å². The zero-order valence-corrected chi connectivity index (χ0v) is 18.7. The number of aromatic nitrogens is 4. The minimum absolute atomic E-state index is 0. The normalized spacial score (nSPS) is 17.8. The van der Waals surface area contributed by atoms with Gasteiger partial charge in [0.05, 0.1) is 4.88 Å². The van der Waals surface area contributed by atoms with Crippen molar-refractivity contribution in [3.05, 3.63) is 30.0 Å². The smallest absolute Gasteiger partial charge is 0.247 e. The molecule has 0 unspecified atom stereocenters. The van der Waals surface area contributed by atoms with Crippen LogP contribution in [0.4, 0.5) is 17.5 Å². The molecule has 0 bridgehead atoms. The number of H-pyrrole nitrogens is 1. The van der Waals surface area contributed by atoms with Gasteiger partial charge in [0.15, 0.2) is 11.6 Å². The second-order valence-corrected chi connectivity index (χ2v) is 10.9. The van der Waals surface area contributed by atoms with Crippen molar-refractivity contribution < 1.29 is 14.1 Å². The molecule has 1 saturated carbocycles. The Bertz CT molecular complexity index is 1210. The van der Waals surface area contributed by atoms with Crippen molar-refractivity contribution in [2.45, 2.75) is 23.0 Å². The average Bonchev–Trinajstić information content (AvgIpc) is 3.25. The molecule has 3 aromatic heterocycles. The Morgan fingerprint density at radius 3 is 2.61 bits per heavy atom. The number of thiophene rings is 1. The highest BCUT2D eigenvalue weighted by atomic mass is 32.2. The number of hydrogen-bond donors (Lipinski definition) is 3. The topological polar surface area (TPSA) is 133 Å². The Kier molecular flexibility index (Phi) is 5.16. The van der Waals surface area contributed by atoms with Crippen LogP contribution < -0.4 is 15.4 Å². The fourth-order valence-corrected chi connectivity index (χ4v) is 5.20. The molecule has 31 heavy (non-hydrogen) atoms. The molecule has 12 heteroatoms. The number of nitrogens with two attached hydrogens (primary N) is 1. The van der Waals surface area contributed by atoms with E-state index in [2.05, 4.69) is 37.3 Å². The first kappa shape index (κ1) is 20.4. The van der Waals surface area contributed by atoms with Gasteiger partial charge in [-0.05, 0) is 32.0 Å². The van der Waals surface area contributed by atoms with E-state index in [1.54, 1.807) is 6.07 Å². The highest BCUT2D eigenvalue weighted by Crippen LogP contribution is 2.39. The molecule has 0 amide bonds. The monoisotopic (exact) mass is 468 g/mol. The van der Waals surface area contributed by atoms with Crippen LogP contribution in [-0.2, 0) is 10.0 Å². The number of nitrogens with one attached hydrogen (secondary N) is 2. The number of piperazine rings is 1. The molecule has 4 N–H and O–H groups in total. The summed E-state index contributed by atoms with van der Waals surface area (Å²) in [5.74, 6) is 3.14. The van der Waals surface area contributed by atoms with Gasteiger partial charge in [-0.15, -0.1) is 11.3 Å². The highest BCUT2D eigenvalue weighted by Gasteiger charge is 2.26. The van der Waals surface area contributed by atoms with Gasteiger partial charge in [0.25, 0.3) is 0 Å². The largest absolute Gasteiger partial charge is 0.354 e. The summed E-state index contributed by atoms with van der Waals surface area (Å²) in [6.07, 6.45) is 2.38. The summed E-state index contributed by atoms with van der Waals surface area (Å²) in [7, 11) is -1.67. The Morgan fingerprint density at radius 1 is 1.16 bits per heavy atom. The van der Waals surface area contributed by atoms with Crippen molar-refractivity contribution in [3.63, 3.8) is 0 Å². The maximum atomic E-state index is 11.7. The second kappa shape index (κ2) is 7.86. The van der Waals surface area contributed by atoms with Gasteiger partial charge >= 0.3 is 0 Å². The van der Waals surface area contributed by atoms with Gasteiger partial charge in [0.2, 0.25) is 10.0 Å². The molecular formula is C19H32N8O2S2. The van der Waals surface area contributed by atoms with Crippen LogP contribution >= 0.6 is 11.3 Å². The highest BCUT2D eigenvalue weighted by molar-refractivity contribution is 7.91. The quantitative estimate of drug-likeness (QED) is 0.503. The maximum absolute atomic E-state index is 11.7. The number of aromatic amines is 1. The lowest BCUT2D eigenvalue weighted by Crippen LogP contribution is -2.44. The molecule has 1 saturated heterocycles. The third-order valence-corrected chi connectivity index (χ3v) is 8.01. The molecule has 1 aliphatic carbocycles. The van der Waals surface area contributed by atoms with Crippen molar-refractivity contribution in [1.29, 1.82) is 0 Å². The van der Waals surface area contributed by atoms with Gasteiger partial charge in [-0.2, -0.15) is 5.10 Å². The number of sulfonamides is 1. The molecule has 2 fully saturated rings. The summed E-state index contributed by atoms with van der Waals surface area (Å²) in [5, 5.41) is 16.0. The zero-order valence-electron chi connectivity index (χ0n) is 17.1. The first-order valence-corrected chi connectivity index (χ1v) is 12.5. The van der Waals surface area contributed by atoms with Gasteiger partial charge in [-0.25, -0.2) is 23.5 Å². The number of likely N-dealkylation sites (N-methyl/N-ethyl adjacent to an activating group) is 1. The molecule has 3 aromatic rings. The summed E-state index contributed by atoms with van der Waals surface area (Å²) < 4.78 is 23.5. The lowest BCUT2D eigenvalue weighted by Gasteiger charge is -2.33. The van der Waals surface area contributed by atoms with E-state index < -0.39 is 10.0 Å². The van der Waals surface area contributed by atoms with E-state index in [4.69, 9.17) is 10.1 Å². The van der Waals surface area contributed by atoms with Crippen molar-refractivity contribution in [3.8, 4) is 10.7 Å². The number of rotatable bonds is 6. The molecule has 2 aliphatic rings. The van der Waals surface area contributed by atoms with E-state index in [9.17, 15) is 8.42 Å². The van der Waals surface area contributed by atoms with Crippen LogP contribution in [0, 0.1) is 0 Å². The third kappa shape index (κ3) is 4.56. The summed E-state index contributed by atoms with van der Waals surface area (Å²) in [5.41, 5.74) is 1.13. The Balaban J connectivity index is 0.00000153. The predicted molar refractivity (Wildman–Crippen MR) is 129 cm³/mol. The van der Waals surface area contributed by atoms with Crippen LogP contribution in [0.15, 0.2) is 28.5 Å². The molecule has 10 nitrogen and oxygen atoms in total. The molecule has 172 valence electrons. The van der Waals surface area contributed by atoms with Crippen LogP contribution in [0.5, 0.6) is 0 Å². The molecule has 4 heterocycles. The van der Waals surface area contributed by atoms with Gasteiger partial charge in [-0.3, -0.25) is 5.10 Å². The molecule has 0 aromatic carbocycles. The molecule has 0 radical (unpaired) electrons. The van der Waals surface area contributed by atoms with E-state index in [-0.39, 0.29) is 9.92 Å². The Labute approximate surface area is 190 Å². The lowest BCUT2D eigenvalue weighted by atomic mass is 10.3. The lowest BCUT2D eigenvalue weighted by molar-refractivity contribution is 0.312. The third-order valence-electron chi connectivity index (χ3n) is 5.49. The van der Waals surface area contributed by atoms with E-state index in [1.807, 2.05) is 12.1 Å². The Morgan fingerprint density at radius 2 is 1.94 bits per heavy atom. The summed E-state index contributed by atoms with van der Waals surface area (Å²) >= 11 is 1.07. The minimum Gasteiger partial charge on any atom is -0.354 e. The molecule has 5 rings (SSSR count). The second-order valence-electron chi connectivity index (χ2n) is 8.00. The van der Waals surface area contributed by atoms with E-state index in [0.29, 0.717) is 28.3 Å². The van der Waals surface area contributed by atoms with Gasteiger partial charge in [-0.1, -0.05) is 0 Å². The van der Waals surface area contributed by atoms with Crippen molar-refractivity contribution in [2.24, 2.45) is 5.14 Å². The van der Waals surface area contributed by atoms with Crippen molar-refractivity contribution >= 4 is 38.8 Å². The van der Waals surface area contributed by atoms with E-state index in [1.165, 1.54) is 18.9 Å². The predicted octanol–water partition coefficient (Wildman–Crippen LogP) is 2.93. The SMILES string of the molecule is CN1CCN(c2cc(Nc3cc(C4CC4)[nH]n3)nc(-c3ccc(S(N)(=O)=O)s3)n2)CC1.[HH].[HH].[HH].[HH]. The maximum Gasteiger partial charge on any atom is 0.247 e. The van der Waals surface area contributed by atoms with E-state index in [0.717, 1.165) is 49.0 Å². The minimum atomic E-state index is -3.77. The first-order valence-electron chi connectivity index (χ1n) is 10.1. The number of primary sulfonamides is 1. The summed E-state index contributed by atoms with van der Waals surface area (Å²) in [6.45, 7) is 3.60. The van der Waals surface area contributed by atoms with Crippen LogP contribution in [0.2, 0.25) is 0 Å². The van der Waals surface area contributed by atoms with Crippen molar-refractivity contribution in [1.82, 2.24) is 25.1 Å². The first-order chi connectivity index (χ1) is 14.8. The van der Waals surface area contributed by atoms with Crippen LogP contribution in [0.3, 0.4) is 0 Å². The number of hydrogen-bond acceptors (Lipinski definition) is 9. The summed E-state index contributed by atoms with van der Waals surface area (Å²) in [6, 6.07) is 7.11. The number of nitrogens with zero attached hydrogens (tertiary/aromatic N) is 5. The van der Waals surface area contributed by atoms with Crippen LogP contribution in [-0.4, -0.2) is 66.7 Å². The molecule has 0 atom stereocenters. The molecule has 1 aliphatic heterocycles. The fourth-order valence-electron chi connectivity index (χ4n) is 3.53. The summed E-state index contributed by atoms with van der Waals surface area (Å²) in [4.78, 5) is 14.5. The zero-order chi connectivity index (χ0) is 21.6.